The lowest BCUT2D eigenvalue weighted by atomic mass is 9.97. The summed E-state index contributed by atoms with van der Waals surface area (Å²) in [5, 5.41) is 3.09. The molecule has 0 bridgehead atoms. The van der Waals surface area contributed by atoms with E-state index in [2.05, 4.69) is 34.0 Å². The van der Waals surface area contributed by atoms with Crippen molar-refractivity contribution in [3.8, 4) is 0 Å². The Bertz CT molecular complexity index is 587. The van der Waals surface area contributed by atoms with Gasteiger partial charge in [0.2, 0.25) is 0 Å². The van der Waals surface area contributed by atoms with E-state index in [9.17, 15) is 4.79 Å². The molecule has 1 aliphatic rings. The van der Waals surface area contributed by atoms with E-state index < -0.39 is 0 Å². The molecular weight excluding hydrogens is 258 g/mol. The number of aromatic nitrogens is 1. The van der Waals surface area contributed by atoms with Gasteiger partial charge in [0.15, 0.2) is 0 Å². The summed E-state index contributed by atoms with van der Waals surface area (Å²) in [5.41, 5.74) is 2.24. The lowest BCUT2D eigenvalue weighted by Crippen LogP contribution is -2.09. The van der Waals surface area contributed by atoms with Gasteiger partial charge in [-0.3, -0.25) is 4.79 Å². The first-order valence-corrected chi connectivity index (χ1v) is 7.20. The Kier molecular flexibility index (Phi) is 3.11. The third kappa shape index (κ3) is 2.28. The van der Waals surface area contributed by atoms with Crippen molar-refractivity contribution >= 4 is 17.3 Å². The fraction of sp³-hybridized carbons (Fsp3) is 0.333. The molecule has 0 atom stereocenters. The van der Waals surface area contributed by atoms with Crippen LogP contribution < -0.4 is 0 Å². The molecule has 1 aromatic heterocycles. The molecule has 3 nitrogen and oxygen atoms in total. The molecule has 1 fully saturated rings. The number of hydrogen-bond acceptors (Lipinski definition) is 4. The van der Waals surface area contributed by atoms with E-state index in [0.29, 0.717) is 0 Å². The van der Waals surface area contributed by atoms with Gasteiger partial charge >= 0.3 is 5.97 Å². The third-order valence-electron chi connectivity index (χ3n) is 3.59. The SMILES string of the molecule is COC(=O)Cc1csc(C2(c3ccccc3)CC2)n1. The zero-order valence-corrected chi connectivity index (χ0v) is 11.6. The van der Waals surface area contributed by atoms with Crippen LogP contribution in [0.15, 0.2) is 35.7 Å². The molecule has 0 aliphatic heterocycles. The van der Waals surface area contributed by atoms with E-state index in [0.717, 1.165) is 23.5 Å². The van der Waals surface area contributed by atoms with E-state index in [1.54, 1.807) is 11.3 Å². The van der Waals surface area contributed by atoms with Crippen LogP contribution in [0.2, 0.25) is 0 Å². The average molecular weight is 273 g/mol. The fourth-order valence-corrected chi connectivity index (χ4v) is 3.44. The molecule has 2 aromatic rings. The Morgan fingerprint density at radius 3 is 2.74 bits per heavy atom. The standard InChI is InChI=1S/C15H15NO2S/c1-18-13(17)9-12-10-19-14(16-12)15(7-8-15)11-5-3-2-4-6-11/h2-6,10H,7-9H2,1H3. The van der Waals surface area contributed by atoms with Crippen molar-refractivity contribution in [2.24, 2.45) is 0 Å². The molecule has 98 valence electrons. The van der Waals surface area contributed by atoms with Crippen LogP contribution in [0, 0.1) is 0 Å². The number of esters is 1. The fourth-order valence-electron chi connectivity index (χ4n) is 2.34. The summed E-state index contributed by atoms with van der Waals surface area (Å²) in [5.74, 6) is -0.235. The lowest BCUT2D eigenvalue weighted by molar-refractivity contribution is -0.139. The van der Waals surface area contributed by atoms with E-state index in [1.807, 2.05) is 11.4 Å². The van der Waals surface area contributed by atoms with Crippen LogP contribution in [0.3, 0.4) is 0 Å². The molecular formula is C15H15NO2S. The molecule has 0 unspecified atom stereocenters. The molecule has 0 radical (unpaired) electrons. The van der Waals surface area contributed by atoms with Gasteiger partial charge in [-0.15, -0.1) is 11.3 Å². The van der Waals surface area contributed by atoms with Gasteiger partial charge < -0.3 is 4.74 Å². The molecule has 1 aromatic carbocycles. The van der Waals surface area contributed by atoms with Gasteiger partial charge in [0.1, 0.15) is 5.01 Å². The molecule has 0 saturated heterocycles. The first kappa shape index (κ1) is 12.4. The lowest BCUT2D eigenvalue weighted by Gasteiger charge is -2.12. The molecule has 19 heavy (non-hydrogen) atoms. The largest absolute Gasteiger partial charge is 0.469 e. The maximum atomic E-state index is 11.3. The van der Waals surface area contributed by atoms with Crippen LogP contribution in [-0.4, -0.2) is 18.1 Å². The summed E-state index contributed by atoms with van der Waals surface area (Å²) in [6.45, 7) is 0. The first-order chi connectivity index (χ1) is 9.24. The first-order valence-electron chi connectivity index (χ1n) is 6.32. The zero-order chi connectivity index (χ0) is 13.3. The minimum absolute atomic E-state index is 0.0975. The highest BCUT2D eigenvalue weighted by Gasteiger charge is 2.48. The number of rotatable bonds is 4. The molecule has 4 heteroatoms. The molecule has 1 heterocycles. The van der Waals surface area contributed by atoms with Gasteiger partial charge in [0, 0.05) is 10.8 Å². The number of carbonyl (C=O) groups is 1. The van der Waals surface area contributed by atoms with Gasteiger partial charge in [0.05, 0.1) is 19.2 Å². The number of hydrogen-bond donors (Lipinski definition) is 0. The molecule has 0 amide bonds. The Balaban J connectivity index is 1.85. The monoisotopic (exact) mass is 273 g/mol. The normalized spacial score (nSPS) is 16.1. The van der Waals surface area contributed by atoms with Crippen molar-refractivity contribution in [1.82, 2.24) is 4.98 Å². The molecule has 0 spiro atoms. The van der Waals surface area contributed by atoms with Crippen LogP contribution in [0.25, 0.3) is 0 Å². The number of carbonyl (C=O) groups excluding carboxylic acids is 1. The van der Waals surface area contributed by atoms with E-state index in [1.165, 1.54) is 12.7 Å². The predicted octanol–water partition coefficient (Wildman–Crippen LogP) is 2.94. The quantitative estimate of drug-likeness (QED) is 0.804. The summed E-state index contributed by atoms with van der Waals surface area (Å²) in [6, 6.07) is 10.5. The number of thiazole rings is 1. The predicted molar refractivity (Wildman–Crippen MR) is 74.3 cm³/mol. The van der Waals surface area contributed by atoms with Crippen molar-refractivity contribution in [2.45, 2.75) is 24.7 Å². The maximum Gasteiger partial charge on any atom is 0.311 e. The van der Waals surface area contributed by atoms with Crippen molar-refractivity contribution in [1.29, 1.82) is 0 Å². The second-order valence-electron chi connectivity index (χ2n) is 4.85. The van der Waals surface area contributed by atoms with Crippen molar-refractivity contribution in [3.63, 3.8) is 0 Å². The minimum Gasteiger partial charge on any atom is -0.469 e. The minimum atomic E-state index is -0.235. The highest BCUT2D eigenvalue weighted by molar-refractivity contribution is 7.09. The summed E-state index contributed by atoms with van der Waals surface area (Å²) in [6.07, 6.45) is 2.54. The smallest absolute Gasteiger partial charge is 0.311 e. The van der Waals surface area contributed by atoms with E-state index >= 15 is 0 Å². The number of ether oxygens (including phenoxy) is 1. The van der Waals surface area contributed by atoms with Crippen LogP contribution >= 0.6 is 11.3 Å². The highest BCUT2D eigenvalue weighted by atomic mass is 32.1. The Morgan fingerprint density at radius 2 is 2.11 bits per heavy atom. The average Bonchev–Trinajstić information content (AvgIpc) is 3.14. The molecule has 1 saturated carbocycles. The summed E-state index contributed by atoms with van der Waals surface area (Å²) >= 11 is 1.65. The van der Waals surface area contributed by atoms with Gasteiger partial charge in [-0.05, 0) is 18.4 Å². The van der Waals surface area contributed by atoms with E-state index in [4.69, 9.17) is 0 Å². The number of nitrogens with zero attached hydrogens (tertiary/aromatic N) is 1. The highest BCUT2D eigenvalue weighted by Crippen LogP contribution is 2.54. The summed E-state index contributed by atoms with van der Waals surface area (Å²) in [4.78, 5) is 15.9. The van der Waals surface area contributed by atoms with Crippen molar-refractivity contribution < 1.29 is 9.53 Å². The maximum absolute atomic E-state index is 11.3. The van der Waals surface area contributed by atoms with Crippen LogP contribution in [0.4, 0.5) is 0 Å². The number of methoxy groups -OCH3 is 1. The second-order valence-corrected chi connectivity index (χ2v) is 5.70. The third-order valence-corrected chi connectivity index (χ3v) is 4.69. The molecule has 0 N–H and O–H groups in total. The van der Waals surface area contributed by atoms with Gasteiger partial charge in [-0.2, -0.15) is 0 Å². The van der Waals surface area contributed by atoms with Crippen molar-refractivity contribution in [3.05, 3.63) is 52.0 Å². The number of benzene rings is 1. The van der Waals surface area contributed by atoms with Gasteiger partial charge in [-0.25, -0.2) is 4.98 Å². The summed E-state index contributed by atoms with van der Waals surface area (Å²) < 4.78 is 4.67. The second kappa shape index (κ2) is 4.78. The topological polar surface area (TPSA) is 39.2 Å². The Labute approximate surface area is 116 Å². The van der Waals surface area contributed by atoms with Crippen LogP contribution in [-0.2, 0) is 21.4 Å². The van der Waals surface area contributed by atoms with Crippen LogP contribution in [0.5, 0.6) is 0 Å². The molecule has 3 rings (SSSR count). The van der Waals surface area contributed by atoms with Crippen molar-refractivity contribution in [2.75, 3.05) is 7.11 Å². The van der Waals surface area contributed by atoms with Crippen LogP contribution in [0.1, 0.15) is 29.1 Å². The zero-order valence-electron chi connectivity index (χ0n) is 10.8. The van der Waals surface area contributed by atoms with E-state index in [-0.39, 0.29) is 17.8 Å². The Morgan fingerprint density at radius 1 is 1.37 bits per heavy atom. The summed E-state index contributed by atoms with van der Waals surface area (Å²) in [7, 11) is 1.40. The molecule has 1 aliphatic carbocycles. The van der Waals surface area contributed by atoms with Gasteiger partial charge in [0.25, 0.3) is 0 Å². The Hall–Kier alpha value is -1.68. The van der Waals surface area contributed by atoms with Gasteiger partial charge in [-0.1, -0.05) is 30.3 Å².